The minimum absolute atomic E-state index is 0.135. The van der Waals surface area contributed by atoms with Crippen LogP contribution in [0.4, 0.5) is 4.79 Å². The van der Waals surface area contributed by atoms with Crippen LogP contribution in [0, 0.1) is 0 Å². The Balaban J connectivity index is 0.000000563. The molecule has 4 amide bonds. The normalized spacial score (nSPS) is 13.5. The van der Waals surface area contributed by atoms with Gasteiger partial charge in [0.05, 0.1) is 0 Å². The number of rotatable bonds is 7. The number of nitrogens with one attached hydrogen (secondary N) is 1. The standard InChI is InChI=1S/C8H11NO4.C7H9NO4.C6H5N3.C4H6O2S.CH2O3/c1-2-3-8(12)13-9-6(10)4-5-7(9)11;1-2-7(11)12-8-5(9)3-4-6(8)10;1-2-4-6-5(3-1)7-9-8-6;1-3-7(5,6)4-2;2-1(3)4/h2-5H2,1H3;2-4H2,1H3;1-4H,(H,7,8,9);3-4H,1-2H2;(H2,2,3,4). The molecule has 2 fully saturated rings. The molecule has 1 aromatic heterocycles. The number of H-pyrrole nitrogens is 1. The lowest BCUT2D eigenvalue weighted by Gasteiger charge is -2.11. The van der Waals surface area contributed by atoms with Gasteiger partial charge in [0.1, 0.15) is 11.0 Å². The maximum Gasteiger partial charge on any atom is 0.503 e. The summed E-state index contributed by atoms with van der Waals surface area (Å²) in [6, 6.07) is 7.70. The largest absolute Gasteiger partial charge is 0.503 e. The molecule has 246 valence electrons. The van der Waals surface area contributed by atoms with Crippen LogP contribution >= 0.6 is 0 Å². The number of carboxylic acid groups (broad SMARTS) is 2. The van der Waals surface area contributed by atoms with Crippen molar-refractivity contribution < 1.29 is 61.9 Å². The molecule has 45 heavy (non-hydrogen) atoms. The van der Waals surface area contributed by atoms with E-state index >= 15 is 0 Å². The van der Waals surface area contributed by atoms with Crippen LogP contribution in [-0.4, -0.2) is 85.9 Å². The highest BCUT2D eigenvalue weighted by atomic mass is 32.2. The van der Waals surface area contributed by atoms with Gasteiger partial charge in [0.25, 0.3) is 23.6 Å². The van der Waals surface area contributed by atoms with Gasteiger partial charge in [-0.25, -0.2) is 22.8 Å². The lowest BCUT2D eigenvalue weighted by atomic mass is 10.3. The molecule has 0 saturated carbocycles. The first kappa shape index (κ1) is 39.5. The molecule has 0 radical (unpaired) electrons. The molecule has 3 N–H and O–H groups in total. The van der Waals surface area contributed by atoms with Crippen LogP contribution in [-0.2, 0) is 48.3 Å². The third-order valence-electron chi connectivity index (χ3n) is 4.83. The number of amides is 4. The molecular weight excluding hydrogens is 622 g/mol. The van der Waals surface area contributed by atoms with Crippen LogP contribution in [0.2, 0.25) is 0 Å². The van der Waals surface area contributed by atoms with Gasteiger partial charge in [0.2, 0.25) is 0 Å². The number of fused-ring (bicyclic) bond motifs is 1. The Morgan fingerprint density at radius 1 is 0.822 bits per heavy atom. The van der Waals surface area contributed by atoms with E-state index in [9.17, 15) is 37.2 Å². The SMILES string of the molecule is C=CS(=O)(=O)C=C.CCC(=O)ON1C(=O)CCC1=O.CCCC(=O)ON1C(=O)CCC1=O.O=C(O)O.c1ccc2n[nH]nc2c1. The summed E-state index contributed by atoms with van der Waals surface area (Å²) in [5.41, 5.74) is 1.83. The second-order valence-corrected chi connectivity index (χ2v) is 10.1. The summed E-state index contributed by atoms with van der Waals surface area (Å²) in [7, 11) is -3.13. The first-order chi connectivity index (χ1) is 21.1. The van der Waals surface area contributed by atoms with E-state index in [1.807, 2.05) is 31.2 Å². The van der Waals surface area contributed by atoms with Crippen molar-refractivity contribution in [2.45, 2.75) is 58.8 Å². The summed E-state index contributed by atoms with van der Waals surface area (Å²) >= 11 is 0. The molecule has 0 bridgehead atoms. The van der Waals surface area contributed by atoms with Crippen molar-refractivity contribution in [3.63, 3.8) is 0 Å². The number of hydroxylamine groups is 4. The monoisotopic (exact) mass is 655 g/mol. The molecule has 2 aliphatic rings. The third-order valence-corrected chi connectivity index (χ3v) is 5.76. The van der Waals surface area contributed by atoms with Crippen molar-refractivity contribution in [3.8, 4) is 0 Å². The zero-order chi connectivity index (χ0) is 34.6. The van der Waals surface area contributed by atoms with E-state index in [1.54, 1.807) is 6.92 Å². The Bertz CT molecular complexity index is 1410. The molecule has 3 heterocycles. The smallest absolute Gasteiger partial charge is 0.450 e. The number of nitrogens with zero attached hydrogens (tertiary/aromatic N) is 4. The predicted molar refractivity (Wildman–Crippen MR) is 153 cm³/mol. The molecular formula is C26H33N5O13S. The molecule has 2 saturated heterocycles. The Labute approximate surface area is 257 Å². The summed E-state index contributed by atoms with van der Waals surface area (Å²) in [5.74, 6) is -2.86. The molecule has 4 rings (SSSR count). The van der Waals surface area contributed by atoms with E-state index in [4.69, 9.17) is 15.0 Å². The van der Waals surface area contributed by atoms with E-state index in [0.717, 1.165) is 21.8 Å². The minimum atomic E-state index is -3.13. The number of hydrogen-bond acceptors (Lipinski definition) is 13. The maximum atomic E-state index is 11.0. The molecule has 2 aliphatic heterocycles. The van der Waals surface area contributed by atoms with E-state index in [-0.39, 0.29) is 38.5 Å². The number of aromatic amines is 1. The molecule has 0 atom stereocenters. The van der Waals surface area contributed by atoms with E-state index in [0.29, 0.717) is 16.5 Å². The van der Waals surface area contributed by atoms with Crippen molar-refractivity contribution in [1.29, 1.82) is 0 Å². The van der Waals surface area contributed by atoms with Gasteiger partial charge in [-0.3, -0.25) is 19.2 Å². The number of carbonyl (C=O) groups is 7. The predicted octanol–water partition coefficient (Wildman–Crippen LogP) is 2.27. The van der Waals surface area contributed by atoms with E-state index in [2.05, 4.69) is 38.2 Å². The Hall–Kier alpha value is -5.46. The maximum absolute atomic E-state index is 11.0. The average molecular weight is 656 g/mol. The number of benzene rings is 1. The van der Waals surface area contributed by atoms with Gasteiger partial charge in [-0.1, -0.05) is 39.1 Å². The summed E-state index contributed by atoms with van der Waals surface area (Å²) in [4.78, 5) is 82.9. The third kappa shape index (κ3) is 16.1. The van der Waals surface area contributed by atoms with Gasteiger partial charge in [0, 0.05) is 49.3 Å². The van der Waals surface area contributed by atoms with Crippen molar-refractivity contribution in [1.82, 2.24) is 25.5 Å². The fraction of sp³-hybridized carbons (Fsp3) is 0.346. The zero-order valence-corrected chi connectivity index (χ0v) is 25.2. The second-order valence-electron chi connectivity index (χ2n) is 8.21. The van der Waals surface area contributed by atoms with Gasteiger partial charge in [-0.05, 0) is 18.6 Å². The van der Waals surface area contributed by atoms with Crippen LogP contribution < -0.4 is 0 Å². The van der Waals surface area contributed by atoms with Gasteiger partial charge in [0.15, 0.2) is 9.84 Å². The highest BCUT2D eigenvalue weighted by Crippen LogP contribution is 2.13. The van der Waals surface area contributed by atoms with Crippen LogP contribution in [0.1, 0.15) is 58.8 Å². The average Bonchev–Trinajstić information content (AvgIpc) is 3.70. The number of imide groups is 2. The highest BCUT2D eigenvalue weighted by Gasteiger charge is 2.33. The molecule has 1 aromatic carbocycles. The molecule has 2 aromatic rings. The lowest BCUT2D eigenvalue weighted by Crippen LogP contribution is -2.31. The molecule has 19 heteroatoms. The molecule has 0 unspecified atom stereocenters. The topological polar surface area (TPSA) is 261 Å². The van der Waals surface area contributed by atoms with Crippen molar-refractivity contribution in [2.75, 3.05) is 0 Å². The molecule has 0 spiro atoms. The fourth-order valence-electron chi connectivity index (χ4n) is 2.69. The first-order valence-electron chi connectivity index (χ1n) is 12.9. The summed E-state index contributed by atoms with van der Waals surface area (Å²) in [6.45, 7) is 9.49. The Kier molecular flexibility index (Phi) is 18.0. The van der Waals surface area contributed by atoms with E-state index < -0.39 is 51.6 Å². The number of aromatic nitrogens is 3. The van der Waals surface area contributed by atoms with Crippen LogP contribution in [0.25, 0.3) is 11.0 Å². The molecule has 0 aliphatic carbocycles. The van der Waals surface area contributed by atoms with Crippen LogP contribution in [0.15, 0.2) is 48.2 Å². The van der Waals surface area contributed by atoms with Gasteiger partial charge < -0.3 is 19.9 Å². The second kappa shape index (κ2) is 20.4. The lowest BCUT2D eigenvalue weighted by molar-refractivity contribution is -0.197. The minimum Gasteiger partial charge on any atom is -0.450 e. The quantitative estimate of drug-likeness (QED) is 0.361. The number of sulfone groups is 1. The fourth-order valence-corrected chi connectivity index (χ4v) is 2.82. The van der Waals surface area contributed by atoms with Crippen molar-refractivity contribution in [3.05, 3.63) is 48.2 Å². The Morgan fingerprint density at radius 3 is 1.47 bits per heavy atom. The zero-order valence-electron chi connectivity index (χ0n) is 24.4. The molecule has 18 nitrogen and oxygen atoms in total. The van der Waals surface area contributed by atoms with Crippen LogP contribution in [0.3, 0.4) is 0 Å². The Morgan fingerprint density at radius 2 is 1.18 bits per heavy atom. The summed E-state index contributed by atoms with van der Waals surface area (Å²) in [6.07, 6.45) is -0.286. The van der Waals surface area contributed by atoms with Gasteiger partial charge in [-0.15, -0.1) is 10.1 Å². The number of carbonyl (C=O) groups excluding carboxylic acids is 6. The first-order valence-corrected chi connectivity index (χ1v) is 14.5. The van der Waals surface area contributed by atoms with Crippen molar-refractivity contribution >= 4 is 62.6 Å². The van der Waals surface area contributed by atoms with Gasteiger partial charge >= 0.3 is 18.1 Å². The van der Waals surface area contributed by atoms with E-state index in [1.165, 1.54) is 0 Å². The number of para-hydroxylation sites is 2. The summed E-state index contributed by atoms with van der Waals surface area (Å²) in [5, 5.41) is 27.1. The van der Waals surface area contributed by atoms with Crippen molar-refractivity contribution in [2.24, 2.45) is 0 Å². The number of hydrogen-bond donors (Lipinski definition) is 3. The highest BCUT2D eigenvalue weighted by molar-refractivity contribution is 7.97. The van der Waals surface area contributed by atoms with Gasteiger partial charge in [-0.2, -0.15) is 15.4 Å². The van der Waals surface area contributed by atoms with Crippen LogP contribution in [0.5, 0.6) is 0 Å². The summed E-state index contributed by atoms with van der Waals surface area (Å²) < 4.78 is 20.3.